The lowest BCUT2D eigenvalue weighted by molar-refractivity contribution is -0.354. The largest absolute Gasteiger partial charge is 0.442 e. The highest BCUT2D eigenvalue weighted by Gasteiger charge is 2.52. The van der Waals surface area contributed by atoms with Gasteiger partial charge in [-0.2, -0.15) is 13.2 Å². The summed E-state index contributed by atoms with van der Waals surface area (Å²) in [4.78, 5) is 0. The van der Waals surface area contributed by atoms with Crippen LogP contribution in [0.1, 0.15) is 26.7 Å². The fraction of sp³-hybridized carbons (Fsp3) is 1.00. The molecule has 1 atom stereocenters. The summed E-state index contributed by atoms with van der Waals surface area (Å²) in [5, 5.41) is 17.2. The summed E-state index contributed by atoms with van der Waals surface area (Å²) in [7, 11) is 0. The minimum atomic E-state index is -4.96. The first-order valence-electron chi connectivity index (χ1n) is 3.72. The molecule has 0 fully saturated rings. The Balaban J connectivity index is 4.22. The van der Waals surface area contributed by atoms with Crippen molar-refractivity contribution in [2.24, 2.45) is 5.92 Å². The van der Waals surface area contributed by atoms with Crippen LogP contribution in [0.5, 0.6) is 0 Å². The third-order valence-corrected chi connectivity index (χ3v) is 1.78. The molecular weight excluding hydrogens is 173 g/mol. The van der Waals surface area contributed by atoms with Gasteiger partial charge < -0.3 is 10.2 Å². The molecule has 0 aliphatic rings. The van der Waals surface area contributed by atoms with Crippen molar-refractivity contribution < 1.29 is 23.4 Å². The van der Waals surface area contributed by atoms with Crippen LogP contribution in [0.4, 0.5) is 13.2 Å². The molecule has 12 heavy (non-hydrogen) atoms. The molecule has 0 bridgehead atoms. The molecule has 0 saturated carbocycles. The summed E-state index contributed by atoms with van der Waals surface area (Å²) in [5.74, 6) is -3.90. The lowest BCUT2D eigenvalue weighted by Gasteiger charge is -2.26. The van der Waals surface area contributed by atoms with Crippen LogP contribution in [0.15, 0.2) is 0 Å². The van der Waals surface area contributed by atoms with Crippen LogP contribution in [0.25, 0.3) is 0 Å². The number of rotatable bonds is 3. The molecule has 0 rings (SSSR count). The Morgan fingerprint density at radius 3 is 1.92 bits per heavy atom. The zero-order valence-electron chi connectivity index (χ0n) is 7.02. The van der Waals surface area contributed by atoms with Crippen molar-refractivity contribution in [2.45, 2.75) is 38.7 Å². The van der Waals surface area contributed by atoms with Gasteiger partial charge in [0, 0.05) is 6.42 Å². The predicted octanol–water partition coefficient (Wildman–Crippen LogP) is 1.67. The molecule has 74 valence electrons. The Bertz CT molecular complexity index is 142. The summed E-state index contributed by atoms with van der Waals surface area (Å²) in [6, 6.07) is 0. The van der Waals surface area contributed by atoms with Gasteiger partial charge in [-0.3, -0.25) is 0 Å². The molecule has 0 spiro atoms. The lowest BCUT2D eigenvalue weighted by Crippen LogP contribution is -2.46. The molecule has 2 N–H and O–H groups in total. The van der Waals surface area contributed by atoms with Gasteiger partial charge in [0.25, 0.3) is 5.79 Å². The Morgan fingerprint density at radius 2 is 1.67 bits per heavy atom. The Hall–Kier alpha value is -0.290. The van der Waals surface area contributed by atoms with Crippen molar-refractivity contribution in [2.75, 3.05) is 0 Å². The molecule has 2 nitrogen and oxygen atoms in total. The summed E-state index contributed by atoms with van der Waals surface area (Å²) in [6.07, 6.45) is -5.15. The van der Waals surface area contributed by atoms with Crippen LogP contribution in [0, 0.1) is 5.92 Å². The quantitative estimate of drug-likeness (QED) is 0.658. The van der Waals surface area contributed by atoms with Gasteiger partial charge in [0.05, 0.1) is 0 Å². The van der Waals surface area contributed by atoms with Crippen molar-refractivity contribution in [1.29, 1.82) is 0 Å². The van der Waals surface area contributed by atoms with E-state index in [1.165, 1.54) is 6.92 Å². The van der Waals surface area contributed by atoms with Gasteiger partial charge in [-0.15, -0.1) is 0 Å². The summed E-state index contributed by atoms with van der Waals surface area (Å²) in [6.45, 7) is 3.23. The molecule has 0 saturated heterocycles. The predicted molar refractivity (Wildman–Crippen MR) is 37.3 cm³/mol. The van der Waals surface area contributed by atoms with Gasteiger partial charge in [0.1, 0.15) is 0 Å². The maximum atomic E-state index is 11.8. The van der Waals surface area contributed by atoms with Gasteiger partial charge in [0.15, 0.2) is 0 Å². The van der Waals surface area contributed by atoms with E-state index in [1.54, 1.807) is 6.92 Å². The first-order valence-corrected chi connectivity index (χ1v) is 3.72. The van der Waals surface area contributed by atoms with Crippen LogP contribution in [0.2, 0.25) is 0 Å². The van der Waals surface area contributed by atoms with Crippen molar-refractivity contribution in [3.8, 4) is 0 Å². The van der Waals surface area contributed by atoms with E-state index in [1.807, 2.05) is 0 Å². The van der Waals surface area contributed by atoms with Gasteiger partial charge in [0.2, 0.25) is 0 Å². The van der Waals surface area contributed by atoms with Crippen molar-refractivity contribution in [3.05, 3.63) is 0 Å². The Kier molecular flexibility index (Phi) is 3.53. The smallest absolute Gasteiger partial charge is 0.359 e. The van der Waals surface area contributed by atoms with Crippen molar-refractivity contribution in [1.82, 2.24) is 0 Å². The highest BCUT2D eigenvalue weighted by atomic mass is 19.4. The Labute approximate surface area is 69.0 Å². The normalized spacial score (nSPS) is 16.2. The summed E-state index contributed by atoms with van der Waals surface area (Å²) < 4.78 is 35.5. The van der Waals surface area contributed by atoms with Crippen LogP contribution in [-0.4, -0.2) is 22.2 Å². The first kappa shape index (κ1) is 11.7. The van der Waals surface area contributed by atoms with E-state index in [-0.39, 0.29) is 5.92 Å². The molecule has 0 radical (unpaired) electrons. The molecule has 0 aromatic rings. The molecule has 0 aromatic heterocycles. The molecule has 0 amide bonds. The number of aliphatic hydroxyl groups is 2. The summed E-state index contributed by atoms with van der Waals surface area (Å²) >= 11 is 0. The third kappa shape index (κ3) is 2.98. The molecular formula is C7H13F3O2. The standard InChI is InChI=1S/C7H13F3O2/c1-3-5(2)4-6(11,12)7(8,9)10/h5,11-12H,3-4H2,1-2H3. The molecule has 5 heteroatoms. The number of hydrogen-bond donors (Lipinski definition) is 2. The lowest BCUT2D eigenvalue weighted by atomic mass is 9.98. The third-order valence-electron chi connectivity index (χ3n) is 1.78. The molecule has 1 unspecified atom stereocenters. The second-order valence-electron chi connectivity index (χ2n) is 3.03. The Morgan fingerprint density at radius 1 is 1.25 bits per heavy atom. The minimum Gasteiger partial charge on any atom is -0.359 e. The van der Waals surface area contributed by atoms with Gasteiger partial charge >= 0.3 is 6.18 Å². The van der Waals surface area contributed by atoms with E-state index >= 15 is 0 Å². The van der Waals surface area contributed by atoms with E-state index < -0.39 is 18.4 Å². The van der Waals surface area contributed by atoms with Crippen molar-refractivity contribution >= 4 is 0 Å². The second-order valence-corrected chi connectivity index (χ2v) is 3.03. The summed E-state index contributed by atoms with van der Waals surface area (Å²) in [5.41, 5.74) is 0. The average Bonchev–Trinajstić information content (AvgIpc) is 1.84. The topological polar surface area (TPSA) is 40.5 Å². The van der Waals surface area contributed by atoms with Crippen LogP contribution >= 0.6 is 0 Å². The molecule has 0 aliphatic heterocycles. The number of alkyl halides is 3. The van der Waals surface area contributed by atoms with Crippen LogP contribution < -0.4 is 0 Å². The SMILES string of the molecule is CCC(C)CC(O)(O)C(F)(F)F. The first-order chi connectivity index (χ1) is 5.20. The van der Waals surface area contributed by atoms with E-state index in [2.05, 4.69) is 0 Å². The zero-order chi connectivity index (χ0) is 9.99. The molecule has 0 aliphatic carbocycles. The molecule has 0 heterocycles. The maximum Gasteiger partial charge on any atom is 0.442 e. The van der Waals surface area contributed by atoms with E-state index in [4.69, 9.17) is 10.2 Å². The maximum absolute atomic E-state index is 11.8. The van der Waals surface area contributed by atoms with Crippen molar-refractivity contribution in [3.63, 3.8) is 0 Å². The molecule has 0 aromatic carbocycles. The van der Waals surface area contributed by atoms with Crippen LogP contribution in [0.3, 0.4) is 0 Å². The highest BCUT2D eigenvalue weighted by molar-refractivity contribution is 4.75. The second kappa shape index (κ2) is 3.62. The van der Waals surface area contributed by atoms with Gasteiger partial charge in [-0.25, -0.2) is 0 Å². The fourth-order valence-corrected chi connectivity index (χ4v) is 0.746. The highest BCUT2D eigenvalue weighted by Crippen LogP contribution is 2.33. The number of halogens is 3. The van der Waals surface area contributed by atoms with Crippen LogP contribution in [-0.2, 0) is 0 Å². The fourth-order valence-electron chi connectivity index (χ4n) is 0.746. The van der Waals surface area contributed by atoms with E-state index in [0.717, 1.165) is 0 Å². The van der Waals surface area contributed by atoms with Gasteiger partial charge in [-0.1, -0.05) is 20.3 Å². The van der Waals surface area contributed by atoms with E-state index in [0.29, 0.717) is 6.42 Å². The van der Waals surface area contributed by atoms with E-state index in [9.17, 15) is 13.2 Å². The van der Waals surface area contributed by atoms with Gasteiger partial charge in [-0.05, 0) is 5.92 Å². The monoisotopic (exact) mass is 186 g/mol. The average molecular weight is 186 g/mol. The minimum absolute atomic E-state index is 0.360. The number of hydrogen-bond acceptors (Lipinski definition) is 2. The zero-order valence-corrected chi connectivity index (χ0v) is 7.02.